The molecule has 0 saturated carbocycles. The van der Waals surface area contributed by atoms with Crippen LogP contribution >= 0.6 is 0 Å². The number of nitrogens with one attached hydrogen (secondary N) is 1. The quantitative estimate of drug-likeness (QED) is 0.501. The van der Waals surface area contributed by atoms with Crippen LogP contribution < -0.4 is 5.32 Å². The van der Waals surface area contributed by atoms with E-state index in [1.807, 2.05) is 13.1 Å². The fourth-order valence-electron chi connectivity index (χ4n) is 1.12. The van der Waals surface area contributed by atoms with Crippen LogP contribution in [0, 0.1) is 11.8 Å². The highest BCUT2D eigenvalue weighted by molar-refractivity contribution is 4.96. The molecule has 0 bridgehead atoms. The van der Waals surface area contributed by atoms with E-state index in [-0.39, 0.29) is 6.61 Å². The molecule has 0 spiro atoms. The van der Waals surface area contributed by atoms with Crippen LogP contribution in [0.15, 0.2) is 6.20 Å². The zero-order valence-corrected chi connectivity index (χ0v) is 8.90. The second kappa shape index (κ2) is 6.98. The molecule has 5 heteroatoms. The molecule has 2 N–H and O–H groups in total. The summed E-state index contributed by atoms with van der Waals surface area (Å²) >= 11 is 0. The number of aliphatic hydroxyl groups is 1. The molecule has 0 aliphatic rings. The summed E-state index contributed by atoms with van der Waals surface area (Å²) in [5.41, 5.74) is 0.882. The van der Waals surface area contributed by atoms with Crippen molar-refractivity contribution in [2.75, 3.05) is 13.2 Å². The first-order valence-corrected chi connectivity index (χ1v) is 4.97. The highest BCUT2D eigenvalue weighted by Gasteiger charge is 1.98. The minimum atomic E-state index is 0.0856. The minimum absolute atomic E-state index is 0.0856. The Morgan fingerprint density at radius 2 is 2.47 bits per heavy atom. The van der Waals surface area contributed by atoms with Gasteiger partial charge in [0.2, 0.25) is 0 Å². The molecule has 0 unspecified atom stereocenters. The van der Waals surface area contributed by atoms with Gasteiger partial charge >= 0.3 is 0 Å². The maximum atomic E-state index is 8.68. The van der Waals surface area contributed by atoms with Gasteiger partial charge in [-0.15, -0.1) is 16.9 Å². The van der Waals surface area contributed by atoms with E-state index in [1.165, 1.54) is 0 Å². The van der Waals surface area contributed by atoms with Crippen molar-refractivity contribution in [1.29, 1.82) is 0 Å². The van der Waals surface area contributed by atoms with E-state index in [2.05, 4.69) is 27.5 Å². The van der Waals surface area contributed by atoms with Gasteiger partial charge in [0.25, 0.3) is 0 Å². The summed E-state index contributed by atoms with van der Waals surface area (Å²) in [5.74, 6) is 5.81. The fourth-order valence-corrected chi connectivity index (χ4v) is 1.12. The first-order chi connectivity index (χ1) is 7.36. The standard InChI is InChI=1S/C10H16N4O/c1-2-3-4-5-11-8-10-9-14(6-7-15)13-12-10/h9,11,15H,4-8H2,1H3. The third-order valence-electron chi connectivity index (χ3n) is 1.82. The lowest BCUT2D eigenvalue weighted by Crippen LogP contribution is -2.14. The van der Waals surface area contributed by atoms with Gasteiger partial charge in [-0.3, -0.25) is 0 Å². The minimum Gasteiger partial charge on any atom is -0.394 e. The van der Waals surface area contributed by atoms with Crippen molar-refractivity contribution in [1.82, 2.24) is 20.3 Å². The molecule has 0 amide bonds. The Labute approximate surface area is 89.5 Å². The molecule has 0 radical (unpaired) electrons. The summed E-state index contributed by atoms with van der Waals surface area (Å²) in [7, 11) is 0. The molecule has 5 nitrogen and oxygen atoms in total. The van der Waals surface area contributed by atoms with Gasteiger partial charge in [0.05, 0.1) is 18.8 Å². The lowest BCUT2D eigenvalue weighted by Gasteiger charge is -1.97. The molecule has 0 atom stereocenters. The van der Waals surface area contributed by atoms with Gasteiger partial charge in [-0.1, -0.05) is 5.21 Å². The summed E-state index contributed by atoms with van der Waals surface area (Å²) in [6, 6.07) is 0. The van der Waals surface area contributed by atoms with Crippen molar-refractivity contribution >= 4 is 0 Å². The van der Waals surface area contributed by atoms with E-state index < -0.39 is 0 Å². The molecule has 0 aromatic carbocycles. The van der Waals surface area contributed by atoms with Crippen LogP contribution in [0.2, 0.25) is 0 Å². The van der Waals surface area contributed by atoms with Crippen molar-refractivity contribution in [3.63, 3.8) is 0 Å². The number of nitrogens with zero attached hydrogens (tertiary/aromatic N) is 3. The zero-order valence-electron chi connectivity index (χ0n) is 8.90. The van der Waals surface area contributed by atoms with Gasteiger partial charge in [0.1, 0.15) is 0 Å². The number of rotatable bonds is 6. The molecule has 0 aliphatic carbocycles. The van der Waals surface area contributed by atoms with E-state index in [9.17, 15) is 0 Å². The average molecular weight is 208 g/mol. The topological polar surface area (TPSA) is 63.0 Å². The van der Waals surface area contributed by atoms with E-state index in [0.29, 0.717) is 13.1 Å². The zero-order chi connectivity index (χ0) is 10.9. The third-order valence-corrected chi connectivity index (χ3v) is 1.82. The van der Waals surface area contributed by atoms with Gasteiger partial charge in [-0.2, -0.15) is 0 Å². The lowest BCUT2D eigenvalue weighted by molar-refractivity contribution is 0.268. The summed E-state index contributed by atoms with van der Waals surface area (Å²) in [5, 5.41) is 19.7. The van der Waals surface area contributed by atoms with Crippen LogP contribution in [0.1, 0.15) is 19.0 Å². The Kier molecular flexibility index (Phi) is 5.44. The molecule has 1 aromatic heterocycles. The van der Waals surface area contributed by atoms with Crippen molar-refractivity contribution < 1.29 is 5.11 Å². The molecule has 82 valence electrons. The number of hydrogen-bond acceptors (Lipinski definition) is 4. The Balaban J connectivity index is 2.21. The van der Waals surface area contributed by atoms with E-state index >= 15 is 0 Å². The molecular formula is C10H16N4O. The molecule has 0 fully saturated rings. The largest absolute Gasteiger partial charge is 0.394 e. The smallest absolute Gasteiger partial charge is 0.0964 e. The van der Waals surface area contributed by atoms with Gasteiger partial charge in [-0.05, 0) is 6.92 Å². The van der Waals surface area contributed by atoms with Gasteiger partial charge in [0.15, 0.2) is 0 Å². The van der Waals surface area contributed by atoms with Gasteiger partial charge < -0.3 is 10.4 Å². The van der Waals surface area contributed by atoms with E-state index in [1.54, 1.807) is 4.68 Å². The van der Waals surface area contributed by atoms with Crippen LogP contribution in [-0.4, -0.2) is 33.3 Å². The number of aliphatic hydroxyl groups excluding tert-OH is 1. The maximum Gasteiger partial charge on any atom is 0.0964 e. The summed E-state index contributed by atoms with van der Waals surface area (Å²) in [6.45, 7) is 3.96. The number of hydrogen-bond donors (Lipinski definition) is 2. The SMILES string of the molecule is CC#CCCNCc1cn(CCO)nn1. The van der Waals surface area contributed by atoms with Crippen LogP contribution in [0.3, 0.4) is 0 Å². The van der Waals surface area contributed by atoms with E-state index in [4.69, 9.17) is 5.11 Å². The van der Waals surface area contributed by atoms with Crippen LogP contribution in [0.25, 0.3) is 0 Å². The molecule has 0 aliphatic heterocycles. The molecule has 0 saturated heterocycles. The van der Waals surface area contributed by atoms with Crippen molar-refractivity contribution in [3.8, 4) is 11.8 Å². The lowest BCUT2D eigenvalue weighted by atomic mass is 10.4. The van der Waals surface area contributed by atoms with Gasteiger partial charge in [-0.25, -0.2) is 4.68 Å². The Morgan fingerprint density at radius 1 is 1.60 bits per heavy atom. The highest BCUT2D eigenvalue weighted by Crippen LogP contribution is 1.91. The number of aromatic nitrogens is 3. The van der Waals surface area contributed by atoms with Crippen molar-refractivity contribution in [3.05, 3.63) is 11.9 Å². The average Bonchev–Trinajstić information content (AvgIpc) is 2.66. The predicted molar refractivity (Wildman–Crippen MR) is 56.9 cm³/mol. The second-order valence-electron chi connectivity index (χ2n) is 3.05. The maximum absolute atomic E-state index is 8.68. The molecule has 1 heterocycles. The molecule has 1 rings (SSSR count). The first kappa shape index (κ1) is 11.7. The Morgan fingerprint density at radius 3 is 3.20 bits per heavy atom. The fraction of sp³-hybridized carbons (Fsp3) is 0.600. The molecule has 15 heavy (non-hydrogen) atoms. The summed E-state index contributed by atoms with van der Waals surface area (Å²) in [6.07, 6.45) is 2.68. The van der Waals surface area contributed by atoms with Crippen LogP contribution in [0.4, 0.5) is 0 Å². The second-order valence-corrected chi connectivity index (χ2v) is 3.05. The third kappa shape index (κ3) is 4.58. The van der Waals surface area contributed by atoms with E-state index in [0.717, 1.165) is 18.7 Å². The molecule has 1 aromatic rings. The normalized spacial score (nSPS) is 9.73. The monoisotopic (exact) mass is 208 g/mol. The molecular weight excluding hydrogens is 192 g/mol. The Hall–Kier alpha value is -1.38. The van der Waals surface area contributed by atoms with Crippen molar-refractivity contribution in [2.24, 2.45) is 0 Å². The first-order valence-electron chi connectivity index (χ1n) is 4.97. The van der Waals surface area contributed by atoms with Crippen LogP contribution in [-0.2, 0) is 13.1 Å². The predicted octanol–water partition coefficient (Wildman–Crippen LogP) is -0.227. The van der Waals surface area contributed by atoms with Crippen LogP contribution in [0.5, 0.6) is 0 Å². The summed E-state index contributed by atoms with van der Waals surface area (Å²) in [4.78, 5) is 0. The highest BCUT2D eigenvalue weighted by atomic mass is 16.3. The van der Waals surface area contributed by atoms with Gasteiger partial charge in [0, 0.05) is 25.7 Å². The summed E-state index contributed by atoms with van der Waals surface area (Å²) < 4.78 is 1.63. The Bertz CT molecular complexity index is 337. The van der Waals surface area contributed by atoms with Crippen molar-refractivity contribution in [2.45, 2.75) is 26.4 Å².